The molecule has 1 unspecified atom stereocenters. The van der Waals surface area contributed by atoms with Gasteiger partial charge in [0.2, 0.25) is 0 Å². The van der Waals surface area contributed by atoms with Crippen molar-refractivity contribution in [1.82, 2.24) is 5.32 Å². The van der Waals surface area contributed by atoms with Gasteiger partial charge in [-0.05, 0) is 31.2 Å². The molecule has 2 aromatic carbocycles. The van der Waals surface area contributed by atoms with Crippen molar-refractivity contribution in [2.75, 3.05) is 6.61 Å². The van der Waals surface area contributed by atoms with Crippen LogP contribution < -0.4 is 5.32 Å². The van der Waals surface area contributed by atoms with E-state index in [0.717, 1.165) is 4.90 Å². The lowest BCUT2D eigenvalue weighted by Crippen LogP contribution is -2.38. The van der Waals surface area contributed by atoms with E-state index < -0.39 is 11.5 Å². The molecule has 1 amide bonds. The molecule has 0 radical (unpaired) electrons. The molecule has 23 heavy (non-hydrogen) atoms. The molecule has 6 heteroatoms. The number of hydrogen-bond acceptors (Lipinski definition) is 4. The summed E-state index contributed by atoms with van der Waals surface area (Å²) >= 11 is 7.10. The summed E-state index contributed by atoms with van der Waals surface area (Å²) in [5.41, 5.74) is 0.524. The van der Waals surface area contributed by atoms with Crippen LogP contribution in [0.1, 0.15) is 17.3 Å². The van der Waals surface area contributed by atoms with Crippen molar-refractivity contribution in [2.24, 2.45) is 0 Å². The first-order valence-corrected chi connectivity index (χ1v) is 8.30. The number of ketones is 1. The van der Waals surface area contributed by atoms with Gasteiger partial charge in [-0.3, -0.25) is 4.79 Å². The molecule has 1 atom stereocenters. The van der Waals surface area contributed by atoms with Crippen LogP contribution in [0.15, 0.2) is 59.5 Å². The van der Waals surface area contributed by atoms with E-state index >= 15 is 0 Å². The first kappa shape index (κ1) is 17.4. The van der Waals surface area contributed by atoms with Crippen molar-refractivity contribution in [2.45, 2.75) is 17.2 Å². The second-order valence-electron chi connectivity index (χ2n) is 4.55. The molecule has 0 bridgehead atoms. The van der Waals surface area contributed by atoms with Gasteiger partial charge in [-0.2, -0.15) is 0 Å². The molecular weight excluding hydrogens is 334 g/mol. The summed E-state index contributed by atoms with van der Waals surface area (Å²) in [7, 11) is 0. The topological polar surface area (TPSA) is 55.4 Å². The highest BCUT2D eigenvalue weighted by molar-refractivity contribution is 8.00. The number of carbonyl (C=O) groups is 2. The fourth-order valence-corrected chi connectivity index (χ4v) is 2.92. The number of nitrogens with one attached hydrogen (secondary N) is 1. The van der Waals surface area contributed by atoms with Gasteiger partial charge in [0, 0.05) is 15.5 Å². The Kier molecular flexibility index (Phi) is 6.50. The van der Waals surface area contributed by atoms with E-state index in [4.69, 9.17) is 16.3 Å². The van der Waals surface area contributed by atoms with Gasteiger partial charge < -0.3 is 10.1 Å². The number of benzene rings is 2. The van der Waals surface area contributed by atoms with E-state index in [-0.39, 0.29) is 12.4 Å². The van der Waals surface area contributed by atoms with E-state index in [1.807, 2.05) is 6.07 Å². The molecule has 0 aliphatic heterocycles. The molecule has 0 aliphatic rings. The fraction of sp³-hybridized carbons (Fsp3) is 0.176. The molecule has 0 aliphatic carbocycles. The van der Waals surface area contributed by atoms with E-state index in [0.29, 0.717) is 10.6 Å². The Balaban J connectivity index is 2.18. The summed E-state index contributed by atoms with van der Waals surface area (Å²) in [6.45, 7) is 1.95. The van der Waals surface area contributed by atoms with Gasteiger partial charge in [-0.15, -0.1) is 0 Å². The van der Waals surface area contributed by atoms with Crippen LogP contribution in [0.25, 0.3) is 0 Å². The van der Waals surface area contributed by atoms with Gasteiger partial charge in [0.15, 0.2) is 5.78 Å². The Morgan fingerprint density at radius 2 is 1.78 bits per heavy atom. The highest BCUT2D eigenvalue weighted by Gasteiger charge is 2.23. The third-order valence-electron chi connectivity index (χ3n) is 2.89. The monoisotopic (exact) mass is 349 g/mol. The van der Waals surface area contributed by atoms with Crippen molar-refractivity contribution < 1.29 is 14.3 Å². The number of hydrogen-bond donors (Lipinski definition) is 1. The van der Waals surface area contributed by atoms with Crippen LogP contribution in [0.5, 0.6) is 0 Å². The van der Waals surface area contributed by atoms with Crippen molar-refractivity contribution >= 4 is 35.2 Å². The van der Waals surface area contributed by atoms with Crippen molar-refractivity contribution in [3.63, 3.8) is 0 Å². The zero-order valence-corrected chi connectivity index (χ0v) is 14.1. The maximum Gasteiger partial charge on any atom is 0.408 e. The smallest absolute Gasteiger partial charge is 0.408 e. The zero-order chi connectivity index (χ0) is 16.7. The molecule has 1 N–H and O–H groups in total. The van der Waals surface area contributed by atoms with Gasteiger partial charge in [-0.25, -0.2) is 4.79 Å². The first-order chi connectivity index (χ1) is 11.1. The van der Waals surface area contributed by atoms with Crippen LogP contribution in [0.2, 0.25) is 5.02 Å². The molecule has 0 fully saturated rings. The summed E-state index contributed by atoms with van der Waals surface area (Å²) in [6, 6.07) is 15.9. The number of amides is 1. The summed E-state index contributed by atoms with van der Waals surface area (Å²) in [6.07, 6.45) is -0.622. The minimum absolute atomic E-state index is 0.196. The Morgan fingerprint density at radius 1 is 1.13 bits per heavy atom. The lowest BCUT2D eigenvalue weighted by molar-refractivity contribution is 0.0964. The van der Waals surface area contributed by atoms with Gasteiger partial charge >= 0.3 is 6.09 Å². The Hall–Kier alpha value is -1.98. The molecule has 4 nitrogen and oxygen atoms in total. The summed E-state index contributed by atoms with van der Waals surface area (Å²) < 4.78 is 4.88. The Labute approximate surface area is 144 Å². The van der Waals surface area contributed by atoms with E-state index in [2.05, 4.69) is 5.32 Å². The summed E-state index contributed by atoms with van der Waals surface area (Å²) in [5.74, 6) is -0.196. The highest BCUT2D eigenvalue weighted by atomic mass is 35.5. The van der Waals surface area contributed by atoms with Crippen LogP contribution in [0.4, 0.5) is 4.79 Å². The van der Waals surface area contributed by atoms with E-state index in [1.54, 1.807) is 55.5 Å². The van der Waals surface area contributed by atoms with Crippen LogP contribution in [0.3, 0.4) is 0 Å². The highest BCUT2D eigenvalue weighted by Crippen LogP contribution is 2.26. The zero-order valence-electron chi connectivity index (χ0n) is 12.5. The normalized spacial score (nSPS) is 11.6. The van der Waals surface area contributed by atoms with Gasteiger partial charge in [-0.1, -0.05) is 53.7 Å². The second-order valence-corrected chi connectivity index (χ2v) is 6.16. The molecular formula is C17H16ClNO3S. The van der Waals surface area contributed by atoms with Crippen LogP contribution in [0, 0.1) is 0 Å². The molecule has 0 aromatic heterocycles. The van der Waals surface area contributed by atoms with E-state index in [9.17, 15) is 9.59 Å². The number of halogens is 1. The number of Topliss-reactive ketones (excluding diaryl/α,β-unsaturated/α-hetero) is 1. The van der Waals surface area contributed by atoms with Crippen molar-refractivity contribution in [3.8, 4) is 0 Å². The summed E-state index contributed by atoms with van der Waals surface area (Å²) in [5, 5.41) is 2.43. The van der Waals surface area contributed by atoms with Crippen LogP contribution in [-0.2, 0) is 4.74 Å². The standard InChI is InChI=1S/C17H16ClNO3S/c1-2-22-17(21)19-16(15(20)12-6-4-3-5-7-12)23-14-10-8-13(18)9-11-14/h3-11,16H,2H2,1H3,(H,19,21). The third-order valence-corrected chi connectivity index (χ3v) is 4.25. The number of thioether (sulfide) groups is 1. The van der Waals surface area contributed by atoms with Gasteiger partial charge in [0.25, 0.3) is 0 Å². The first-order valence-electron chi connectivity index (χ1n) is 7.05. The minimum atomic E-state index is -0.780. The molecule has 0 heterocycles. The van der Waals surface area contributed by atoms with Crippen molar-refractivity contribution in [1.29, 1.82) is 0 Å². The molecule has 120 valence electrons. The maximum absolute atomic E-state index is 12.6. The Bertz CT molecular complexity index is 661. The average Bonchev–Trinajstić information content (AvgIpc) is 2.56. The third kappa shape index (κ3) is 5.30. The maximum atomic E-state index is 12.6. The van der Waals surface area contributed by atoms with Crippen LogP contribution in [-0.4, -0.2) is 23.9 Å². The predicted molar refractivity (Wildman–Crippen MR) is 92.0 cm³/mol. The molecule has 2 rings (SSSR count). The lowest BCUT2D eigenvalue weighted by atomic mass is 10.1. The van der Waals surface area contributed by atoms with Gasteiger partial charge in [0.1, 0.15) is 5.37 Å². The number of rotatable bonds is 6. The predicted octanol–water partition coefficient (Wildman–Crippen LogP) is 4.39. The number of alkyl carbamates (subject to hydrolysis) is 1. The SMILES string of the molecule is CCOC(=O)NC(Sc1ccc(Cl)cc1)C(=O)c1ccccc1. The molecule has 0 saturated carbocycles. The second kappa shape index (κ2) is 8.60. The number of ether oxygens (including phenoxy) is 1. The quantitative estimate of drug-likeness (QED) is 0.477. The molecule has 0 spiro atoms. The number of carbonyl (C=O) groups excluding carboxylic acids is 2. The molecule has 2 aromatic rings. The summed E-state index contributed by atoms with van der Waals surface area (Å²) in [4.78, 5) is 25.2. The molecule has 0 saturated heterocycles. The van der Waals surface area contributed by atoms with E-state index in [1.165, 1.54) is 11.8 Å². The largest absolute Gasteiger partial charge is 0.450 e. The van der Waals surface area contributed by atoms with Crippen molar-refractivity contribution in [3.05, 3.63) is 65.2 Å². The van der Waals surface area contributed by atoms with Gasteiger partial charge in [0.05, 0.1) is 6.61 Å². The Morgan fingerprint density at radius 3 is 2.39 bits per heavy atom. The minimum Gasteiger partial charge on any atom is -0.450 e. The lowest BCUT2D eigenvalue weighted by Gasteiger charge is -2.17. The fourth-order valence-electron chi connectivity index (χ4n) is 1.83. The van der Waals surface area contributed by atoms with Crippen LogP contribution >= 0.6 is 23.4 Å². The average molecular weight is 350 g/mol.